The van der Waals surface area contributed by atoms with E-state index < -0.39 is 42.4 Å². The van der Waals surface area contributed by atoms with Gasteiger partial charge in [0.05, 0.1) is 33.1 Å². The molecule has 0 aliphatic carbocycles. The van der Waals surface area contributed by atoms with Gasteiger partial charge in [-0.2, -0.15) is 0 Å². The van der Waals surface area contributed by atoms with Crippen molar-refractivity contribution in [3.05, 3.63) is 124 Å². The van der Waals surface area contributed by atoms with Crippen LogP contribution in [0.3, 0.4) is 0 Å². The standard InChI is InChI=1S/C22H19N5O8/c1-22(2,3)14-8-10-23(11-9-14)21(17-6-4-15(24(28)29)12-19(17)26(32)33)18-7-5-16(25(30)31)13-20(18)27(34)35/h4-13H,1-3H3. The van der Waals surface area contributed by atoms with Crippen molar-refractivity contribution in [2.45, 2.75) is 26.2 Å². The number of nitro groups is 4. The molecule has 0 fully saturated rings. The minimum atomic E-state index is -0.830. The summed E-state index contributed by atoms with van der Waals surface area (Å²) in [7, 11) is 0. The van der Waals surface area contributed by atoms with Crippen molar-refractivity contribution < 1.29 is 24.3 Å². The molecule has 1 aromatic heterocycles. The fraction of sp³-hybridized carbons (Fsp3) is 0.182. The fourth-order valence-electron chi connectivity index (χ4n) is 3.47. The zero-order valence-electron chi connectivity index (χ0n) is 18.8. The Hall–Kier alpha value is -4.94. The van der Waals surface area contributed by atoms with Gasteiger partial charge in [-0.3, -0.25) is 40.5 Å². The molecule has 0 unspecified atom stereocenters. The van der Waals surface area contributed by atoms with E-state index in [0.29, 0.717) is 0 Å². The lowest BCUT2D eigenvalue weighted by molar-refractivity contribution is -0.647. The molecule has 35 heavy (non-hydrogen) atoms. The first-order valence-electron chi connectivity index (χ1n) is 10.1. The smallest absolute Gasteiger partial charge is 0.263 e. The molecule has 2 aromatic carbocycles. The van der Waals surface area contributed by atoms with Gasteiger partial charge in [0.1, 0.15) is 12.4 Å². The minimum Gasteiger partial charge on any atom is -0.263 e. The van der Waals surface area contributed by atoms with Crippen molar-refractivity contribution in [2.24, 2.45) is 0 Å². The SMILES string of the molecule is CC(C)(C)c1cc[n+]([C-](c2ccc([N+](=O)[O-])cc2[N+](=O)[O-])c2ccc([N+](=O)[O-])cc2[N+](=O)[O-])cc1. The third-order valence-electron chi connectivity index (χ3n) is 5.24. The van der Waals surface area contributed by atoms with Crippen LogP contribution in [0.25, 0.3) is 0 Å². The van der Waals surface area contributed by atoms with Gasteiger partial charge in [-0.1, -0.05) is 32.9 Å². The average molecular weight is 481 g/mol. The van der Waals surface area contributed by atoms with Crippen molar-refractivity contribution >= 4 is 22.7 Å². The van der Waals surface area contributed by atoms with E-state index in [4.69, 9.17) is 0 Å². The summed E-state index contributed by atoms with van der Waals surface area (Å²) in [5.41, 5.74) is -2.01. The van der Waals surface area contributed by atoms with Gasteiger partial charge >= 0.3 is 0 Å². The first kappa shape index (κ1) is 24.7. The number of non-ortho nitro benzene ring substituents is 2. The molecule has 0 amide bonds. The first-order chi connectivity index (χ1) is 16.3. The zero-order valence-corrected chi connectivity index (χ0v) is 18.8. The Morgan fingerprint density at radius 2 is 1.06 bits per heavy atom. The van der Waals surface area contributed by atoms with Crippen LogP contribution in [0.1, 0.15) is 37.5 Å². The maximum Gasteiger partial charge on any atom is 0.265 e. The highest BCUT2D eigenvalue weighted by atomic mass is 16.6. The van der Waals surface area contributed by atoms with Gasteiger partial charge in [-0.25, -0.2) is 4.57 Å². The van der Waals surface area contributed by atoms with E-state index in [0.717, 1.165) is 42.0 Å². The zero-order chi connectivity index (χ0) is 26.1. The molecule has 0 saturated heterocycles. The molecular weight excluding hydrogens is 462 g/mol. The van der Waals surface area contributed by atoms with Gasteiger partial charge in [0.2, 0.25) is 11.4 Å². The van der Waals surface area contributed by atoms with Gasteiger partial charge < -0.3 is 0 Å². The molecular formula is C22H19N5O8. The maximum atomic E-state index is 11.8. The van der Waals surface area contributed by atoms with Crippen LogP contribution in [0.4, 0.5) is 22.7 Å². The molecule has 0 saturated carbocycles. The average Bonchev–Trinajstić information content (AvgIpc) is 2.78. The first-order valence-corrected chi connectivity index (χ1v) is 10.1. The largest absolute Gasteiger partial charge is 0.265 e. The quantitative estimate of drug-likeness (QED) is 0.206. The van der Waals surface area contributed by atoms with Crippen LogP contribution in [-0.2, 0) is 5.41 Å². The third-order valence-corrected chi connectivity index (χ3v) is 5.24. The van der Waals surface area contributed by atoms with E-state index in [1.54, 1.807) is 24.5 Å². The van der Waals surface area contributed by atoms with Crippen molar-refractivity contribution in [1.29, 1.82) is 0 Å². The summed E-state index contributed by atoms with van der Waals surface area (Å²) in [5.74, 6) is 0. The topological polar surface area (TPSA) is 176 Å². The number of benzene rings is 2. The molecule has 3 rings (SSSR count). The summed E-state index contributed by atoms with van der Waals surface area (Å²) in [6.07, 6.45) is 3.10. The highest BCUT2D eigenvalue weighted by Crippen LogP contribution is 2.37. The van der Waals surface area contributed by atoms with Crippen LogP contribution < -0.4 is 4.57 Å². The minimum absolute atomic E-state index is 0.0475. The van der Waals surface area contributed by atoms with Crippen LogP contribution >= 0.6 is 0 Å². The van der Waals surface area contributed by atoms with E-state index in [2.05, 4.69) is 0 Å². The van der Waals surface area contributed by atoms with Crippen LogP contribution in [0, 0.1) is 46.5 Å². The Labute approximate surface area is 197 Å². The number of hydrogen-bond acceptors (Lipinski definition) is 8. The normalized spacial score (nSPS) is 11.1. The predicted molar refractivity (Wildman–Crippen MR) is 122 cm³/mol. The molecule has 1 heterocycles. The lowest BCUT2D eigenvalue weighted by Gasteiger charge is -2.21. The molecule has 0 N–H and O–H groups in total. The number of nitro benzene ring substituents is 4. The molecule has 13 nitrogen and oxygen atoms in total. The summed E-state index contributed by atoms with van der Waals surface area (Å²) in [4.78, 5) is 42.8. The van der Waals surface area contributed by atoms with Gasteiger partial charge in [-0.15, -0.1) is 0 Å². The second-order valence-corrected chi connectivity index (χ2v) is 8.52. The van der Waals surface area contributed by atoms with E-state index in [1.807, 2.05) is 20.8 Å². The highest BCUT2D eigenvalue weighted by Gasteiger charge is 2.34. The van der Waals surface area contributed by atoms with Crippen molar-refractivity contribution in [2.75, 3.05) is 0 Å². The lowest BCUT2D eigenvalue weighted by atomic mass is 9.87. The molecule has 0 aliphatic rings. The summed E-state index contributed by atoms with van der Waals surface area (Å²) >= 11 is 0. The molecule has 0 radical (unpaired) electrons. The third kappa shape index (κ3) is 5.03. The van der Waals surface area contributed by atoms with Crippen LogP contribution in [0.2, 0.25) is 0 Å². The Kier molecular flexibility index (Phi) is 6.44. The van der Waals surface area contributed by atoms with Gasteiger partial charge in [0.25, 0.3) is 11.4 Å². The monoisotopic (exact) mass is 481 g/mol. The van der Waals surface area contributed by atoms with Crippen molar-refractivity contribution in [3.8, 4) is 0 Å². The molecule has 0 bridgehead atoms. The summed E-state index contributed by atoms with van der Waals surface area (Å²) in [6.45, 7) is 5.92. The molecule has 0 aliphatic heterocycles. The van der Waals surface area contributed by atoms with E-state index >= 15 is 0 Å². The summed E-state index contributed by atoms with van der Waals surface area (Å²) < 4.78 is 1.40. The van der Waals surface area contributed by atoms with Crippen molar-refractivity contribution in [3.63, 3.8) is 0 Å². The number of rotatable bonds is 7. The summed E-state index contributed by atoms with van der Waals surface area (Å²) in [5, 5.41) is 46.1. The Morgan fingerprint density at radius 1 is 0.657 bits per heavy atom. The van der Waals surface area contributed by atoms with Crippen molar-refractivity contribution in [1.82, 2.24) is 0 Å². The molecule has 13 heteroatoms. The Morgan fingerprint density at radius 3 is 1.37 bits per heavy atom. The predicted octanol–water partition coefficient (Wildman–Crippen LogP) is 4.38. The van der Waals surface area contributed by atoms with Crippen LogP contribution in [0.15, 0.2) is 60.9 Å². The van der Waals surface area contributed by atoms with Crippen LogP contribution in [0.5, 0.6) is 0 Å². The molecule has 0 atom stereocenters. The second-order valence-electron chi connectivity index (χ2n) is 8.52. The van der Waals surface area contributed by atoms with Gasteiger partial charge in [-0.05, 0) is 35.2 Å². The fourth-order valence-corrected chi connectivity index (χ4v) is 3.47. The molecule has 180 valence electrons. The maximum absolute atomic E-state index is 11.8. The van der Waals surface area contributed by atoms with E-state index in [1.165, 1.54) is 4.57 Å². The number of hydrogen-bond donors (Lipinski definition) is 0. The Balaban J connectivity index is 2.36. The second kappa shape index (κ2) is 9.13. The molecule has 3 aromatic rings. The van der Waals surface area contributed by atoms with Gasteiger partial charge in [0, 0.05) is 9.85 Å². The lowest BCUT2D eigenvalue weighted by Crippen LogP contribution is -2.42. The highest BCUT2D eigenvalue weighted by molar-refractivity contribution is 5.63. The van der Waals surface area contributed by atoms with Gasteiger partial charge in [0.15, 0.2) is 6.04 Å². The van der Waals surface area contributed by atoms with E-state index in [9.17, 15) is 40.5 Å². The number of nitrogens with zero attached hydrogens (tertiary/aromatic N) is 5. The number of pyridine rings is 1. The Bertz CT molecular complexity index is 1270. The van der Waals surface area contributed by atoms with Crippen LogP contribution in [-0.4, -0.2) is 19.7 Å². The number of aromatic nitrogens is 1. The van der Waals surface area contributed by atoms with E-state index in [-0.39, 0.29) is 22.6 Å². The summed E-state index contributed by atoms with van der Waals surface area (Å²) in [6, 6.07) is 9.28. The molecule has 0 spiro atoms.